The Balaban J connectivity index is 1.64. The van der Waals surface area contributed by atoms with Gasteiger partial charge in [0, 0.05) is 17.6 Å². The van der Waals surface area contributed by atoms with Gasteiger partial charge in [0.05, 0.1) is 10.8 Å². The number of hydrogen-bond acceptors (Lipinski definition) is 5. The van der Waals surface area contributed by atoms with Gasteiger partial charge in [-0.05, 0) is 38.0 Å². The minimum atomic E-state index is -0.401. The van der Waals surface area contributed by atoms with E-state index in [4.69, 9.17) is 27.9 Å². The molecule has 1 atom stereocenters. The van der Waals surface area contributed by atoms with Crippen molar-refractivity contribution in [1.29, 1.82) is 0 Å². The SMILES string of the molecule is C=CCn1c(SCC(=O)NC2CCCCC2)nnc1C(C)Oc1ccc(Cl)cc1Cl. The molecule has 0 radical (unpaired) electrons. The van der Waals surface area contributed by atoms with Gasteiger partial charge in [0.15, 0.2) is 17.1 Å². The molecule has 9 heteroatoms. The average molecular weight is 469 g/mol. The Morgan fingerprint density at radius 2 is 2.13 bits per heavy atom. The zero-order valence-electron chi connectivity index (χ0n) is 16.9. The number of hydrogen-bond donors (Lipinski definition) is 1. The Labute approximate surface area is 191 Å². The van der Waals surface area contributed by atoms with Crippen molar-refractivity contribution in [3.63, 3.8) is 0 Å². The molecule has 1 aliphatic rings. The number of nitrogens with zero attached hydrogens (tertiary/aromatic N) is 3. The highest BCUT2D eigenvalue weighted by atomic mass is 35.5. The first-order chi connectivity index (χ1) is 14.5. The molecule has 1 heterocycles. The fourth-order valence-corrected chi connectivity index (χ4v) is 4.69. The van der Waals surface area contributed by atoms with Crippen LogP contribution in [0.2, 0.25) is 10.0 Å². The molecule has 3 rings (SSSR count). The molecule has 6 nitrogen and oxygen atoms in total. The zero-order valence-corrected chi connectivity index (χ0v) is 19.3. The van der Waals surface area contributed by atoms with E-state index < -0.39 is 6.10 Å². The fraction of sp³-hybridized carbons (Fsp3) is 0.476. The largest absolute Gasteiger partial charge is 0.481 e. The standard InChI is InChI=1S/C21H26Cl2N4O2S/c1-3-11-27-20(14(2)29-18-10-9-15(22)12-17(18)23)25-26-21(27)30-13-19(28)24-16-7-5-4-6-8-16/h3,9-10,12,14,16H,1,4-8,11,13H2,2H3,(H,24,28). The van der Waals surface area contributed by atoms with Gasteiger partial charge in [-0.1, -0.05) is 60.3 Å². The number of allylic oxidation sites excluding steroid dienone is 1. The first kappa shape index (κ1) is 23.0. The summed E-state index contributed by atoms with van der Waals surface area (Å²) in [5.41, 5.74) is 0. The van der Waals surface area contributed by atoms with E-state index in [-0.39, 0.29) is 5.91 Å². The van der Waals surface area contributed by atoms with Crippen molar-refractivity contribution in [1.82, 2.24) is 20.1 Å². The van der Waals surface area contributed by atoms with Crippen LogP contribution >= 0.6 is 35.0 Å². The number of amides is 1. The molecule has 162 valence electrons. The van der Waals surface area contributed by atoms with E-state index in [0.29, 0.717) is 45.1 Å². The molecule has 1 amide bonds. The molecule has 0 saturated heterocycles. The number of nitrogens with one attached hydrogen (secondary N) is 1. The summed E-state index contributed by atoms with van der Waals surface area (Å²) in [5, 5.41) is 13.3. The van der Waals surface area contributed by atoms with Crippen molar-refractivity contribution >= 4 is 40.9 Å². The van der Waals surface area contributed by atoms with Crippen LogP contribution in [0, 0.1) is 0 Å². The van der Waals surface area contributed by atoms with E-state index in [2.05, 4.69) is 22.1 Å². The van der Waals surface area contributed by atoms with Gasteiger partial charge < -0.3 is 10.1 Å². The number of halogens is 2. The molecule has 0 aliphatic heterocycles. The first-order valence-electron chi connectivity index (χ1n) is 10.1. The summed E-state index contributed by atoms with van der Waals surface area (Å²) in [6, 6.07) is 5.37. The quantitative estimate of drug-likeness (QED) is 0.391. The lowest BCUT2D eigenvalue weighted by Gasteiger charge is -2.22. The van der Waals surface area contributed by atoms with Crippen molar-refractivity contribution < 1.29 is 9.53 Å². The van der Waals surface area contributed by atoms with E-state index in [0.717, 1.165) is 12.8 Å². The summed E-state index contributed by atoms with van der Waals surface area (Å²) >= 11 is 13.5. The number of thioether (sulfide) groups is 1. The molecule has 1 aliphatic carbocycles. The second-order valence-corrected chi connectivity index (χ2v) is 9.05. The average Bonchev–Trinajstić information content (AvgIpc) is 3.12. The molecular formula is C21H26Cl2N4O2S. The molecule has 1 unspecified atom stereocenters. The van der Waals surface area contributed by atoms with Gasteiger partial charge in [0.2, 0.25) is 5.91 Å². The van der Waals surface area contributed by atoms with Crippen LogP contribution in [0.1, 0.15) is 51.0 Å². The van der Waals surface area contributed by atoms with Gasteiger partial charge >= 0.3 is 0 Å². The Morgan fingerprint density at radius 1 is 1.37 bits per heavy atom. The second kappa shape index (κ2) is 11.1. The van der Waals surface area contributed by atoms with Crippen LogP contribution in [0.4, 0.5) is 0 Å². The number of benzene rings is 1. The minimum absolute atomic E-state index is 0.0267. The summed E-state index contributed by atoms with van der Waals surface area (Å²) in [7, 11) is 0. The van der Waals surface area contributed by atoms with Gasteiger partial charge in [0.1, 0.15) is 5.75 Å². The molecule has 1 N–H and O–H groups in total. The minimum Gasteiger partial charge on any atom is -0.481 e. The first-order valence-corrected chi connectivity index (χ1v) is 11.8. The third kappa shape index (κ3) is 6.15. The maximum atomic E-state index is 12.3. The number of rotatable bonds is 9. The monoisotopic (exact) mass is 468 g/mol. The Hall–Kier alpha value is -1.70. The van der Waals surface area contributed by atoms with Gasteiger partial charge in [-0.3, -0.25) is 9.36 Å². The summed E-state index contributed by atoms with van der Waals surface area (Å²) in [6.45, 7) is 6.20. The summed E-state index contributed by atoms with van der Waals surface area (Å²) in [4.78, 5) is 12.3. The predicted octanol–water partition coefficient (Wildman–Crippen LogP) is 5.45. The van der Waals surface area contributed by atoms with Crippen LogP contribution in [0.5, 0.6) is 5.75 Å². The van der Waals surface area contributed by atoms with Crippen molar-refractivity contribution in [2.45, 2.75) is 62.9 Å². The maximum absolute atomic E-state index is 12.3. The van der Waals surface area contributed by atoms with E-state index in [1.165, 1.54) is 31.0 Å². The highest BCUT2D eigenvalue weighted by Crippen LogP contribution is 2.31. The highest BCUT2D eigenvalue weighted by Gasteiger charge is 2.21. The Morgan fingerprint density at radius 3 is 2.83 bits per heavy atom. The summed E-state index contributed by atoms with van der Waals surface area (Å²) in [5.74, 6) is 1.47. The van der Waals surface area contributed by atoms with Gasteiger partial charge in [-0.15, -0.1) is 16.8 Å². The van der Waals surface area contributed by atoms with Gasteiger partial charge in [-0.25, -0.2) is 0 Å². The van der Waals surface area contributed by atoms with Gasteiger partial charge in [-0.2, -0.15) is 0 Å². The smallest absolute Gasteiger partial charge is 0.230 e. The summed E-state index contributed by atoms with van der Waals surface area (Å²) < 4.78 is 7.88. The lowest BCUT2D eigenvalue weighted by Crippen LogP contribution is -2.37. The normalized spacial score (nSPS) is 15.6. The maximum Gasteiger partial charge on any atom is 0.230 e. The van der Waals surface area contributed by atoms with Crippen molar-refractivity contribution in [3.05, 3.63) is 46.7 Å². The molecule has 1 saturated carbocycles. The molecule has 1 fully saturated rings. The number of aromatic nitrogens is 3. The van der Waals surface area contributed by atoms with Crippen LogP contribution in [0.15, 0.2) is 36.0 Å². The number of carbonyl (C=O) groups excluding carboxylic acids is 1. The molecule has 1 aromatic heterocycles. The molecular weight excluding hydrogens is 443 g/mol. The van der Waals surface area contributed by atoms with E-state index in [9.17, 15) is 4.79 Å². The highest BCUT2D eigenvalue weighted by molar-refractivity contribution is 7.99. The molecule has 0 bridgehead atoms. The van der Waals surface area contributed by atoms with E-state index in [1.807, 2.05) is 11.5 Å². The molecule has 0 spiro atoms. The molecule has 30 heavy (non-hydrogen) atoms. The molecule has 1 aromatic carbocycles. The Kier molecular flexibility index (Phi) is 8.48. The van der Waals surface area contributed by atoms with E-state index >= 15 is 0 Å². The van der Waals surface area contributed by atoms with E-state index in [1.54, 1.807) is 24.3 Å². The second-order valence-electron chi connectivity index (χ2n) is 7.27. The Bertz CT molecular complexity index is 884. The van der Waals surface area contributed by atoms with Crippen molar-refractivity contribution in [2.24, 2.45) is 0 Å². The lowest BCUT2D eigenvalue weighted by molar-refractivity contribution is -0.119. The predicted molar refractivity (Wildman–Crippen MR) is 121 cm³/mol. The zero-order chi connectivity index (χ0) is 21.5. The number of ether oxygens (including phenoxy) is 1. The third-order valence-electron chi connectivity index (χ3n) is 4.92. The van der Waals surface area contributed by atoms with Crippen LogP contribution in [-0.4, -0.2) is 32.5 Å². The third-order valence-corrected chi connectivity index (χ3v) is 6.42. The van der Waals surface area contributed by atoms with Crippen molar-refractivity contribution in [3.8, 4) is 5.75 Å². The van der Waals surface area contributed by atoms with Gasteiger partial charge in [0.25, 0.3) is 0 Å². The van der Waals surface area contributed by atoms with Crippen LogP contribution in [-0.2, 0) is 11.3 Å². The van der Waals surface area contributed by atoms with Crippen LogP contribution in [0.3, 0.4) is 0 Å². The fourth-order valence-electron chi connectivity index (χ4n) is 3.47. The lowest BCUT2D eigenvalue weighted by atomic mass is 9.95. The summed E-state index contributed by atoms with van der Waals surface area (Å²) in [6.07, 6.45) is 7.12. The van der Waals surface area contributed by atoms with Crippen LogP contribution < -0.4 is 10.1 Å². The topological polar surface area (TPSA) is 69.0 Å². The van der Waals surface area contributed by atoms with Crippen molar-refractivity contribution in [2.75, 3.05) is 5.75 Å². The molecule has 2 aromatic rings. The van der Waals surface area contributed by atoms with Crippen LogP contribution in [0.25, 0.3) is 0 Å². The number of carbonyl (C=O) groups is 1.